The maximum atomic E-state index is 13.6. The van der Waals surface area contributed by atoms with Crippen LogP contribution in [0.4, 0.5) is 10.1 Å². The van der Waals surface area contributed by atoms with Crippen LogP contribution in [-0.2, 0) is 11.3 Å². The van der Waals surface area contributed by atoms with Gasteiger partial charge in [-0.25, -0.2) is 4.39 Å². The van der Waals surface area contributed by atoms with Gasteiger partial charge in [-0.15, -0.1) is 23.1 Å². The van der Waals surface area contributed by atoms with E-state index >= 15 is 0 Å². The summed E-state index contributed by atoms with van der Waals surface area (Å²) in [6.45, 7) is 0.585. The van der Waals surface area contributed by atoms with E-state index in [1.165, 1.54) is 17.8 Å². The van der Waals surface area contributed by atoms with E-state index < -0.39 is 0 Å². The highest BCUT2D eigenvalue weighted by atomic mass is 32.2. The highest BCUT2D eigenvalue weighted by Gasteiger charge is 2.12. The fourth-order valence-corrected chi connectivity index (χ4v) is 3.23. The van der Waals surface area contributed by atoms with Crippen LogP contribution in [0.1, 0.15) is 4.88 Å². The highest BCUT2D eigenvalue weighted by Crippen LogP contribution is 2.24. The summed E-state index contributed by atoms with van der Waals surface area (Å²) in [7, 11) is 1.75. The molecular weight excluding hydrogens is 295 g/mol. The molecule has 3 nitrogen and oxygen atoms in total. The van der Waals surface area contributed by atoms with Crippen LogP contribution in [-0.4, -0.2) is 23.6 Å². The number of carbonyl (C=O) groups excluding carboxylic acids is 1. The van der Waals surface area contributed by atoms with Crippen LogP contribution in [0.2, 0.25) is 0 Å². The van der Waals surface area contributed by atoms with Crippen molar-refractivity contribution in [1.82, 2.24) is 4.90 Å². The molecule has 0 unspecified atom stereocenters. The van der Waals surface area contributed by atoms with Crippen LogP contribution in [0.15, 0.2) is 40.6 Å². The van der Waals surface area contributed by atoms with Crippen LogP contribution in [0.3, 0.4) is 0 Å². The Kier molecular flexibility index (Phi) is 5.03. The van der Waals surface area contributed by atoms with Gasteiger partial charge < -0.3 is 10.6 Å². The zero-order valence-corrected chi connectivity index (χ0v) is 12.6. The summed E-state index contributed by atoms with van der Waals surface area (Å²) in [5.41, 5.74) is 5.87. The zero-order valence-electron chi connectivity index (χ0n) is 11.0. The molecule has 2 N–H and O–H groups in total. The van der Waals surface area contributed by atoms with Gasteiger partial charge >= 0.3 is 0 Å². The van der Waals surface area contributed by atoms with Crippen LogP contribution < -0.4 is 5.73 Å². The Morgan fingerprint density at radius 3 is 2.90 bits per heavy atom. The molecule has 0 aliphatic heterocycles. The molecule has 0 saturated carbocycles. The van der Waals surface area contributed by atoms with Crippen LogP contribution in [0.25, 0.3) is 0 Å². The molecule has 2 rings (SSSR count). The number of carbonyl (C=O) groups is 1. The molecule has 0 bridgehead atoms. The first-order valence-electron chi connectivity index (χ1n) is 6.00. The topological polar surface area (TPSA) is 46.3 Å². The normalized spacial score (nSPS) is 10.5. The van der Waals surface area contributed by atoms with Gasteiger partial charge in [0.15, 0.2) is 0 Å². The molecule has 6 heteroatoms. The number of thioether (sulfide) groups is 1. The van der Waals surface area contributed by atoms with Gasteiger partial charge in [0.1, 0.15) is 5.82 Å². The van der Waals surface area contributed by atoms with Gasteiger partial charge in [-0.1, -0.05) is 6.07 Å². The maximum absolute atomic E-state index is 13.6. The lowest BCUT2D eigenvalue weighted by atomic mass is 10.3. The second kappa shape index (κ2) is 6.76. The summed E-state index contributed by atoms with van der Waals surface area (Å²) in [6, 6.07) is 8.44. The van der Waals surface area contributed by atoms with Crippen molar-refractivity contribution in [2.24, 2.45) is 0 Å². The molecule has 0 spiro atoms. The van der Waals surface area contributed by atoms with Gasteiger partial charge in [-0.05, 0) is 29.6 Å². The molecule has 0 aliphatic rings. The fraction of sp³-hybridized carbons (Fsp3) is 0.214. The molecule has 1 amide bonds. The lowest BCUT2D eigenvalue weighted by Crippen LogP contribution is -2.27. The van der Waals surface area contributed by atoms with Gasteiger partial charge in [-0.3, -0.25) is 4.79 Å². The van der Waals surface area contributed by atoms with Gasteiger partial charge in [0.2, 0.25) is 5.91 Å². The molecule has 0 radical (unpaired) electrons. The molecule has 1 heterocycles. The number of nitrogens with two attached hydrogens (primary N) is 1. The minimum absolute atomic E-state index is 0.0281. The third-order valence-electron chi connectivity index (χ3n) is 2.71. The van der Waals surface area contributed by atoms with Gasteiger partial charge in [0.05, 0.1) is 12.3 Å². The number of amides is 1. The van der Waals surface area contributed by atoms with Gasteiger partial charge in [-0.2, -0.15) is 0 Å². The number of anilines is 1. The minimum Gasteiger partial charge on any atom is -0.399 e. The Labute approximate surface area is 125 Å². The van der Waals surface area contributed by atoms with Crippen LogP contribution in [0, 0.1) is 5.82 Å². The smallest absolute Gasteiger partial charge is 0.233 e. The van der Waals surface area contributed by atoms with E-state index in [0.717, 1.165) is 4.88 Å². The first-order chi connectivity index (χ1) is 9.56. The summed E-state index contributed by atoms with van der Waals surface area (Å²) in [6.07, 6.45) is 0. The number of benzene rings is 1. The molecular formula is C14H15FN2OS2. The van der Waals surface area contributed by atoms with Crippen LogP contribution in [0.5, 0.6) is 0 Å². The lowest BCUT2D eigenvalue weighted by Gasteiger charge is -2.16. The van der Waals surface area contributed by atoms with Crippen molar-refractivity contribution >= 4 is 34.7 Å². The predicted molar refractivity (Wildman–Crippen MR) is 82.3 cm³/mol. The molecule has 106 valence electrons. The Balaban J connectivity index is 1.88. The Morgan fingerprint density at radius 2 is 2.25 bits per heavy atom. The predicted octanol–water partition coefficient (Wildman–Crippen LogP) is 3.22. The monoisotopic (exact) mass is 310 g/mol. The molecule has 0 atom stereocenters. The second-order valence-electron chi connectivity index (χ2n) is 4.31. The average Bonchev–Trinajstić information content (AvgIpc) is 2.90. The lowest BCUT2D eigenvalue weighted by molar-refractivity contribution is -0.127. The van der Waals surface area contributed by atoms with Gasteiger partial charge in [0, 0.05) is 22.5 Å². The first kappa shape index (κ1) is 14.9. The molecule has 0 aliphatic carbocycles. The average molecular weight is 310 g/mol. The standard InChI is InChI=1S/C14H15FN2OS2/c1-17(8-11-3-2-6-19-11)14(18)9-20-13-5-4-10(16)7-12(13)15/h2-7H,8-9,16H2,1H3. The van der Waals surface area contributed by atoms with Crippen molar-refractivity contribution in [3.8, 4) is 0 Å². The zero-order chi connectivity index (χ0) is 14.5. The number of hydrogen-bond acceptors (Lipinski definition) is 4. The number of rotatable bonds is 5. The fourth-order valence-electron chi connectivity index (χ4n) is 1.61. The van der Waals surface area contributed by atoms with Crippen LogP contribution >= 0.6 is 23.1 Å². The molecule has 1 aromatic carbocycles. The van der Waals surface area contributed by atoms with E-state index in [-0.39, 0.29) is 17.5 Å². The highest BCUT2D eigenvalue weighted by molar-refractivity contribution is 8.00. The molecule has 20 heavy (non-hydrogen) atoms. The minimum atomic E-state index is -0.385. The molecule has 0 fully saturated rings. The Morgan fingerprint density at radius 1 is 1.45 bits per heavy atom. The number of nitrogens with zero attached hydrogens (tertiary/aromatic N) is 1. The van der Waals surface area contributed by atoms with Crippen molar-refractivity contribution in [3.05, 3.63) is 46.4 Å². The van der Waals surface area contributed by atoms with Crippen molar-refractivity contribution in [2.45, 2.75) is 11.4 Å². The number of halogens is 1. The van der Waals surface area contributed by atoms with Crippen molar-refractivity contribution in [3.63, 3.8) is 0 Å². The van der Waals surface area contributed by atoms with E-state index in [4.69, 9.17) is 5.73 Å². The third-order valence-corrected chi connectivity index (χ3v) is 4.60. The van der Waals surface area contributed by atoms with Gasteiger partial charge in [0.25, 0.3) is 0 Å². The maximum Gasteiger partial charge on any atom is 0.233 e. The number of thiophene rings is 1. The van der Waals surface area contributed by atoms with Crippen molar-refractivity contribution in [1.29, 1.82) is 0 Å². The van der Waals surface area contributed by atoms with E-state index in [1.54, 1.807) is 35.4 Å². The quantitative estimate of drug-likeness (QED) is 0.681. The Hall–Kier alpha value is -1.53. The summed E-state index contributed by atoms with van der Waals surface area (Å²) in [5, 5.41) is 1.98. The SMILES string of the molecule is CN(Cc1cccs1)C(=O)CSc1ccc(N)cc1F. The first-order valence-corrected chi connectivity index (χ1v) is 7.87. The number of hydrogen-bond donors (Lipinski definition) is 1. The largest absolute Gasteiger partial charge is 0.399 e. The van der Waals surface area contributed by atoms with Crippen molar-refractivity contribution in [2.75, 3.05) is 18.5 Å². The molecule has 0 saturated heterocycles. The second-order valence-corrected chi connectivity index (χ2v) is 6.36. The summed E-state index contributed by atoms with van der Waals surface area (Å²) >= 11 is 2.80. The van der Waals surface area contributed by atoms with Crippen molar-refractivity contribution < 1.29 is 9.18 Å². The van der Waals surface area contributed by atoms with E-state index in [0.29, 0.717) is 17.1 Å². The summed E-state index contributed by atoms with van der Waals surface area (Å²) in [5.74, 6) is -0.203. The summed E-state index contributed by atoms with van der Waals surface area (Å²) in [4.78, 5) is 15.2. The molecule has 1 aromatic heterocycles. The van der Waals surface area contributed by atoms with E-state index in [1.807, 2.05) is 17.5 Å². The van der Waals surface area contributed by atoms with E-state index in [9.17, 15) is 9.18 Å². The molecule has 2 aromatic rings. The summed E-state index contributed by atoms with van der Waals surface area (Å²) < 4.78 is 13.6. The third kappa shape index (κ3) is 3.98. The van der Waals surface area contributed by atoms with E-state index in [2.05, 4.69) is 0 Å². The number of nitrogen functional groups attached to an aromatic ring is 1. The Bertz CT molecular complexity index is 587.